The van der Waals surface area contributed by atoms with E-state index in [1.54, 1.807) is 14.2 Å². The third kappa shape index (κ3) is 10.4. The van der Waals surface area contributed by atoms with Gasteiger partial charge in [-0.1, -0.05) is 45.4 Å². The first-order valence-corrected chi connectivity index (χ1v) is 15.8. The smallest absolute Gasteiger partial charge is 0.223 e. The van der Waals surface area contributed by atoms with Crippen molar-refractivity contribution < 1.29 is 24.1 Å². The van der Waals surface area contributed by atoms with Crippen LogP contribution in [0.15, 0.2) is 67.0 Å². The van der Waals surface area contributed by atoms with Gasteiger partial charge in [0.15, 0.2) is 11.5 Å². The molecule has 3 aromatic rings. The molecule has 1 heterocycles. The number of nitrogens with one attached hydrogen (secondary N) is 1. The van der Waals surface area contributed by atoms with Gasteiger partial charge in [-0.05, 0) is 85.5 Å². The predicted octanol–water partition coefficient (Wildman–Crippen LogP) is 5.92. The maximum atomic E-state index is 13.4. The summed E-state index contributed by atoms with van der Waals surface area (Å²) in [5.41, 5.74) is 9.13. The Morgan fingerprint density at radius 3 is 2.43 bits per heavy atom. The van der Waals surface area contributed by atoms with Crippen molar-refractivity contribution in [1.29, 1.82) is 0 Å². The van der Waals surface area contributed by atoms with Crippen LogP contribution in [-0.4, -0.2) is 54.7 Å². The van der Waals surface area contributed by atoms with Crippen LogP contribution < -0.4 is 20.5 Å². The molecule has 0 fully saturated rings. The summed E-state index contributed by atoms with van der Waals surface area (Å²) in [6.45, 7) is 9.69. The minimum Gasteiger partial charge on any atom is -0.493 e. The van der Waals surface area contributed by atoms with Crippen LogP contribution in [0.3, 0.4) is 0 Å². The standard InChI is InChI=1S/C36H53N3O5/c1-7-27(20-28-14-15-32(43-6)33(22-28)44-19-11-18-42-5)24-36(4,37)34(40)23-31(26(2)3)35(41)38-25-29-12-10-13-30(21-29)39-16-8-9-17-39/h8-10,12-17,21-22,26-27,31,34,40H,7,11,18-20,23-25,37H2,1-6H3,(H,38,41)/t27-,31-,34-,36-/m0/s1. The van der Waals surface area contributed by atoms with Gasteiger partial charge in [-0.3, -0.25) is 4.79 Å². The average Bonchev–Trinajstić information content (AvgIpc) is 3.55. The number of hydrogen-bond donors (Lipinski definition) is 3. The van der Waals surface area contributed by atoms with Crippen molar-refractivity contribution in [3.63, 3.8) is 0 Å². The zero-order valence-electron chi connectivity index (χ0n) is 27.4. The summed E-state index contributed by atoms with van der Waals surface area (Å²) in [4.78, 5) is 13.4. The van der Waals surface area contributed by atoms with Crippen molar-refractivity contribution in [2.24, 2.45) is 23.5 Å². The Balaban J connectivity index is 1.60. The van der Waals surface area contributed by atoms with E-state index in [-0.39, 0.29) is 23.7 Å². The third-order valence-corrected chi connectivity index (χ3v) is 8.47. The van der Waals surface area contributed by atoms with Gasteiger partial charge in [0.25, 0.3) is 0 Å². The highest BCUT2D eigenvalue weighted by atomic mass is 16.5. The summed E-state index contributed by atoms with van der Waals surface area (Å²) in [5.74, 6) is 1.28. The molecule has 0 bridgehead atoms. The second-order valence-electron chi connectivity index (χ2n) is 12.4. The molecule has 8 nitrogen and oxygen atoms in total. The second-order valence-corrected chi connectivity index (χ2v) is 12.4. The minimum atomic E-state index is -0.856. The number of aliphatic hydroxyl groups excluding tert-OH is 1. The molecule has 0 aliphatic rings. The van der Waals surface area contributed by atoms with Crippen molar-refractivity contribution in [3.8, 4) is 17.2 Å². The molecular weight excluding hydrogens is 554 g/mol. The number of carbonyl (C=O) groups excluding carboxylic acids is 1. The number of amides is 1. The van der Waals surface area contributed by atoms with E-state index in [1.165, 1.54) is 0 Å². The first-order valence-electron chi connectivity index (χ1n) is 15.8. The quantitative estimate of drug-likeness (QED) is 0.146. The van der Waals surface area contributed by atoms with Crippen molar-refractivity contribution >= 4 is 5.91 Å². The van der Waals surface area contributed by atoms with Crippen molar-refractivity contribution in [3.05, 3.63) is 78.1 Å². The van der Waals surface area contributed by atoms with Gasteiger partial charge in [-0.2, -0.15) is 0 Å². The van der Waals surface area contributed by atoms with E-state index in [2.05, 4.69) is 24.4 Å². The van der Waals surface area contributed by atoms with E-state index >= 15 is 0 Å². The second kappa shape index (κ2) is 17.2. The number of hydrogen-bond acceptors (Lipinski definition) is 6. The van der Waals surface area contributed by atoms with E-state index in [0.717, 1.165) is 36.1 Å². The lowest BCUT2D eigenvalue weighted by atomic mass is 9.77. The lowest BCUT2D eigenvalue weighted by molar-refractivity contribution is -0.128. The SMILES string of the molecule is CC[C@@H](Cc1ccc(OC)c(OCCCOC)c1)C[C@](C)(N)[C@@H](O)C[C@H](C(=O)NCc1cccc(-n2cccc2)c1)C(C)C. The molecule has 2 aromatic carbocycles. The molecule has 4 atom stereocenters. The Morgan fingerprint density at radius 1 is 1.02 bits per heavy atom. The van der Waals surface area contributed by atoms with E-state index in [9.17, 15) is 9.90 Å². The molecule has 4 N–H and O–H groups in total. The molecule has 3 rings (SSSR count). The van der Waals surface area contributed by atoms with Crippen LogP contribution in [0.5, 0.6) is 11.5 Å². The summed E-state index contributed by atoms with van der Waals surface area (Å²) in [6, 6.07) is 18.1. The van der Waals surface area contributed by atoms with E-state index < -0.39 is 11.6 Å². The fourth-order valence-electron chi connectivity index (χ4n) is 5.64. The Bertz CT molecular complexity index is 1270. The first-order chi connectivity index (χ1) is 21.1. The fraction of sp³-hybridized carbons (Fsp3) is 0.528. The van der Waals surface area contributed by atoms with Gasteiger partial charge in [-0.25, -0.2) is 0 Å². The van der Waals surface area contributed by atoms with Gasteiger partial charge >= 0.3 is 0 Å². The number of nitrogens with two attached hydrogens (primary N) is 1. The molecule has 1 amide bonds. The molecule has 0 unspecified atom stereocenters. The van der Waals surface area contributed by atoms with Gasteiger partial charge in [0.2, 0.25) is 5.91 Å². The average molecular weight is 608 g/mol. The molecule has 0 radical (unpaired) electrons. The Hall–Kier alpha value is -3.33. The number of ether oxygens (including phenoxy) is 3. The lowest BCUT2D eigenvalue weighted by Gasteiger charge is -2.36. The van der Waals surface area contributed by atoms with Gasteiger partial charge in [0, 0.05) is 56.2 Å². The summed E-state index contributed by atoms with van der Waals surface area (Å²) in [6.07, 6.45) is 6.59. The number of aromatic nitrogens is 1. The topological polar surface area (TPSA) is 108 Å². The first kappa shape index (κ1) is 35.2. The van der Waals surface area contributed by atoms with Crippen LogP contribution in [0.2, 0.25) is 0 Å². The zero-order valence-corrected chi connectivity index (χ0v) is 27.4. The predicted molar refractivity (Wildman–Crippen MR) is 176 cm³/mol. The number of aliphatic hydroxyl groups is 1. The monoisotopic (exact) mass is 607 g/mol. The molecule has 0 saturated carbocycles. The summed E-state index contributed by atoms with van der Waals surface area (Å²) < 4.78 is 18.6. The van der Waals surface area contributed by atoms with Crippen LogP contribution in [-0.2, 0) is 22.5 Å². The summed E-state index contributed by atoms with van der Waals surface area (Å²) in [5, 5.41) is 14.5. The molecule has 8 heteroatoms. The number of rotatable bonds is 19. The van der Waals surface area contributed by atoms with Crippen LogP contribution in [0.25, 0.3) is 5.69 Å². The summed E-state index contributed by atoms with van der Waals surface area (Å²) >= 11 is 0. The lowest BCUT2D eigenvalue weighted by Crippen LogP contribution is -2.51. The highest BCUT2D eigenvalue weighted by Gasteiger charge is 2.35. The van der Waals surface area contributed by atoms with Crippen molar-refractivity contribution in [2.75, 3.05) is 27.4 Å². The zero-order chi connectivity index (χ0) is 32.1. The Morgan fingerprint density at radius 2 is 1.77 bits per heavy atom. The number of nitrogens with zero attached hydrogens (tertiary/aromatic N) is 1. The molecule has 242 valence electrons. The molecule has 0 aliphatic heterocycles. The van der Waals surface area contributed by atoms with Gasteiger partial charge in [0.05, 0.1) is 19.8 Å². The molecule has 1 aromatic heterocycles. The minimum absolute atomic E-state index is 0.0511. The van der Waals surface area contributed by atoms with Crippen molar-refractivity contribution in [2.45, 2.75) is 78.0 Å². The van der Waals surface area contributed by atoms with Gasteiger partial charge in [-0.15, -0.1) is 0 Å². The Labute approximate surface area is 263 Å². The number of benzene rings is 2. The van der Waals surface area contributed by atoms with Crippen molar-refractivity contribution in [1.82, 2.24) is 9.88 Å². The molecule has 0 saturated heterocycles. The van der Waals surface area contributed by atoms with Gasteiger partial charge in [0.1, 0.15) is 0 Å². The van der Waals surface area contributed by atoms with Crippen LogP contribution in [0.4, 0.5) is 0 Å². The number of methoxy groups -OCH3 is 2. The highest BCUT2D eigenvalue weighted by Crippen LogP contribution is 2.32. The molecule has 0 spiro atoms. The Kier molecular flexibility index (Phi) is 13.8. The molecule has 44 heavy (non-hydrogen) atoms. The maximum absolute atomic E-state index is 13.4. The fourth-order valence-corrected chi connectivity index (χ4v) is 5.64. The van der Waals surface area contributed by atoms with Crippen LogP contribution in [0.1, 0.15) is 64.5 Å². The molecular formula is C36H53N3O5. The molecule has 0 aliphatic carbocycles. The largest absolute Gasteiger partial charge is 0.493 e. The van der Waals surface area contributed by atoms with Crippen LogP contribution >= 0.6 is 0 Å². The normalized spacial score (nSPS) is 14.9. The van der Waals surface area contributed by atoms with Gasteiger partial charge < -0.3 is 34.9 Å². The third-order valence-electron chi connectivity index (χ3n) is 8.47. The van der Waals surface area contributed by atoms with E-state index in [1.807, 2.05) is 80.2 Å². The maximum Gasteiger partial charge on any atom is 0.223 e. The van der Waals surface area contributed by atoms with Crippen LogP contribution in [0, 0.1) is 17.8 Å². The number of carbonyl (C=O) groups is 1. The van der Waals surface area contributed by atoms with E-state index in [4.69, 9.17) is 19.9 Å². The summed E-state index contributed by atoms with van der Waals surface area (Å²) in [7, 11) is 3.32. The highest BCUT2D eigenvalue weighted by molar-refractivity contribution is 5.79. The van der Waals surface area contributed by atoms with E-state index in [0.29, 0.717) is 44.1 Å².